The third-order valence-electron chi connectivity index (χ3n) is 4.21. The van der Waals surface area contributed by atoms with Crippen LogP contribution in [-0.2, 0) is 4.79 Å². The summed E-state index contributed by atoms with van der Waals surface area (Å²) in [5.74, 6) is 0.902. The maximum absolute atomic E-state index is 13.2. The summed E-state index contributed by atoms with van der Waals surface area (Å²) in [6, 6.07) is 13.6. The van der Waals surface area contributed by atoms with Crippen molar-refractivity contribution in [3.8, 4) is 5.75 Å². The van der Waals surface area contributed by atoms with Crippen LogP contribution in [0.4, 0.5) is 4.39 Å². The Morgan fingerprint density at radius 2 is 1.88 bits per heavy atom. The molecule has 0 N–H and O–H groups in total. The number of amides is 1. The van der Waals surface area contributed by atoms with Crippen molar-refractivity contribution in [3.05, 3.63) is 71.6 Å². The van der Waals surface area contributed by atoms with Gasteiger partial charge in [0.1, 0.15) is 11.6 Å². The van der Waals surface area contributed by atoms with Crippen molar-refractivity contribution in [2.75, 3.05) is 12.9 Å². The molecule has 0 saturated carbocycles. The molecule has 0 spiro atoms. The van der Waals surface area contributed by atoms with Crippen molar-refractivity contribution in [2.45, 2.75) is 6.04 Å². The molecule has 2 heterocycles. The second-order valence-electron chi connectivity index (χ2n) is 5.72. The number of ether oxygens (including phenoxy) is 1. The number of amidine groups is 1. The molecule has 4 nitrogen and oxygen atoms in total. The molecule has 1 amide bonds. The average Bonchev–Trinajstić information content (AvgIpc) is 3.03. The van der Waals surface area contributed by atoms with E-state index in [-0.39, 0.29) is 17.8 Å². The van der Waals surface area contributed by atoms with Gasteiger partial charge in [-0.3, -0.25) is 9.69 Å². The number of hydrogen-bond donors (Lipinski definition) is 0. The minimum atomic E-state index is -0.286. The predicted molar refractivity (Wildman–Crippen MR) is 96.9 cm³/mol. The zero-order valence-electron chi connectivity index (χ0n) is 13.5. The summed E-state index contributed by atoms with van der Waals surface area (Å²) >= 11 is 1.43. The molecule has 0 aromatic heterocycles. The van der Waals surface area contributed by atoms with Crippen molar-refractivity contribution in [1.29, 1.82) is 0 Å². The van der Waals surface area contributed by atoms with Crippen molar-refractivity contribution in [3.63, 3.8) is 0 Å². The van der Waals surface area contributed by atoms with Crippen LogP contribution in [0.15, 0.2) is 59.6 Å². The normalized spacial score (nSPS) is 19.4. The molecule has 2 aliphatic heterocycles. The minimum Gasteiger partial charge on any atom is -0.497 e. The monoisotopic (exact) mass is 354 g/mol. The Labute approximate surface area is 149 Å². The van der Waals surface area contributed by atoms with E-state index < -0.39 is 0 Å². The summed E-state index contributed by atoms with van der Waals surface area (Å²) < 4.78 is 18.4. The number of aliphatic imine (C=N–C) groups is 1. The van der Waals surface area contributed by atoms with Crippen LogP contribution in [0.1, 0.15) is 17.2 Å². The number of halogens is 1. The summed E-state index contributed by atoms with van der Waals surface area (Å²) in [4.78, 5) is 18.6. The Balaban J connectivity index is 1.77. The fraction of sp³-hybridized carbons (Fsp3) is 0.158. The van der Waals surface area contributed by atoms with Gasteiger partial charge in [-0.05, 0) is 48.0 Å². The van der Waals surface area contributed by atoms with E-state index in [0.29, 0.717) is 10.9 Å². The van der Waals surface area contributed by atoms with Crippen LogP contribution in [-0.4, -0.2) is 28.8 Å². The maximum atomic E-state index is 13.2. The maximum Gasteiger partial charge on any atom is 0.239 e. The lowest BCUT2D eigenvalue weighted by Crippen LogP contribution is -2.34. The van der Waals surface area contributed by atoms with Gasteiger partial charge in [-0.15, -0.1) is 0 Å². The molecule has 1 fully saturated rings. The van der Waals surface area contributed by atoms with Crippen LogP contribution in [0.2, 0.25) is 0 Å². The highest BCUT2D eigenvalue weighted by Gasteiger charge is 2.37. The standard InChI is InChI=1S/C19H15FN2O2S/c1-24-15-8-4-13(5-9-15)17-10-16(12-2-6-14(20)7-3-12)21-19-22(17)18(23)11-25-19/h2-10,17H,11H2,1H3/t17-/m1/s1. The number of nitrogens with zero attached hydrogens (tertiary/aromatic N) is 2. The number of fused-ring (bicyclic) bond motifs is 1. The Morgan fingerprint density at radius 1 is 1.16 bits per heavy atom. The molecule has 1 saturated heterocycles. The molecular weight excluding hydrogens is 339 g/mol. The Kier molecular flexibility index (Phi) is 4.05. The number of methoxy groups -OCH3 is 1. The number of thioether (sulfide) groups is 1. The van der Waals surface area contributed by atoms with Gasteiger partial charge in [-0.2, -0.15) is 0 Å². The third kappa shape index (κ3) is 2.93. The van der Waals surface area contributed by atoms with Gasteiger partial charge in [0, 0.05) is 5.56 Å². The van der Waals surface area contributed by atoms with E-state index in [9.17, 15) is 9.18 Å². The van der Waals surface area contributed by atoms with Gasteiger partial charge >= 0.3 is 0 Å². The molecule has 4 rings (SSSR count). The van der Waals surface area contributed by atoms with Gasteiger partial charge in [0.25, 0.3) is 0 Å². The molecule has 2 aromatic carbocycles. The zero-order chi connectivity index (χ0) is 17.4. The smallest absolute Gasteiger partial charge is 0.239 e. The van der Waals surface area contributed by atoms with E-state index in [2.05, 4.69) is 4.99 Å². The highest BCUT2D eigenvalue weighted by molar-refractivity contribution is 8.15. The van der Waals surface area contributed by atoms with Gasteiger partial charge in [0.15, 0.2) is 5.17 Å². The summed E-state index contributed by atoms with van der Waals surface area (Å²) in [5, 5.41) is 0.688. The van der Waals surface area contributed by atoms with Crippen LogP contribution in [0, 0.1) is 5.82 Å². The van der Waals surface area contributed by atoms with E-state index in [4.69, 9.17) is 4.74 Å². The van der Waals surface area contributed by atoms with Crippen LogP contribution in [0.25, 0.3) is 5.70 Å². The quantitative estimate of drug-likeness (QED) is 0.840. The van der Waals surface area contributed by atoms with Crippen molar-refractivity contribution < 1.29 is 13.9 Å². The minimum absolute atomic E-state index is 0.0407. The Morgan fingerprint density at radius 3 is 2.56 bits per heavy atom. The SMILES string of the molecule is COc1ccc([C@H]2C=C(c3ccc(F)cc3)N=C3SCC(=O)N32)cc1. The van der Waals surface area contributed by atoms with Crippen LogP contribution >= 0.6 is 11.8 Å². The van der Waals surface area contributed by atoms with Gasteiger partial charge in [0.05, 0.1) is 24.6 Å². The number of carbonyl (C=O) groups excluding carboxylic acids is 1. The van der Waals surface area contributed by atoms with Crippen LogP contribution in [0.5, 0.6) is 5.75 Å². The molecule has 0 bridgehead atoms. The fourth-order valence-electron chi connectivity index (χ4n) is 2.92. The van der Waals surface area contributed by atoms with E-state index in [1.165, 1.54) is 23.9 Å². The fourth-order valence-corrected chi connectivity index (χ4v) is 3.83. The number of carbonyl (C=O) groups is 1. The van der Waals surface area contributed by atoms with E-state index in [1.807, 2.05) is 30.3 Å². The third-order valence-corrected chi connectivity index (χ3v) is 5.14. The summed E-state index contributed by atoms with van der Waals surface area (Å²) in [6.07, 6.45) is 1.95. The second kappa shape index (κ2) is 6.37. The second-order valence-corrected chi connectivity index (χ2v) is 6.67. The first-order chi connectivity index (χ1) is 12.2. The van der Waals surface area contributed by atoms with Crippen LogP contribution in [0.3, 0.4) is 0 Å². The molecular formula is C19H15FN2O2S. The Bertz CT molecular complexity index is 875. The molecule has 6 heteroatoms. The number of hydrogen-bond acceptors (Lipinski definition) is 4. The molecule has 2 aliphatic rings. The van der Waals surface area contributed by atoms with E-state index >= 15 is 0 Å². The molecule has 126 valence electrons. The molecule has 2 aromatic rings. The van der Waals surface area contributed by atoms with E-state index in [0.717, 1.165) is 22.6 Å². The van der Waals surface area contributed by atoms with Crippen molar-refractivity contribution >= 4 is 28.5 Å². The molecule has 1 atom stereocenters. The first-order valence-electron chi connectivity index (χ1n) is 7.81. The van der Waals surface area contributed by atoms with Crippen molar-refractivity contribution in [1.82, 2.24) is 4.90 Å². The van der Waals surface area contributed by atoms with Gasteiger partial charge in [-0.25, -0.2) is 9.38 Å². The number of rotatable bonds is 3. The first-order valence-corrected chi connectivity index (χ1v) is 8.79. The summed E-state index contributed by atoms with van der Waals surface area (Å²) in [6.45, 7) is 0. The number of benzene rings is 2. The Hall–Kier alpha value is -2.60. The van der Waals surface area contributed by atoms with Gasteiger partial charge in [0.2, 0.25) is 5.91 Å². The molecule has 0 radical (unpaired) electrons. The van der Waals surface area contributed by atoms with Gasteiger partial charge in [-0.1, -0.05) is 23.9 Å². The topological polar surface area (TPSA) is 41.9 Å². The van der Waals surface area contributed by atoms with Gasteiger partial charge < -0.3 is 4.74 Å². The molecule has 25 heavy (non-hydrogen) atoms. The summed E-state index contributed by atoms with van der Waals surface area (Å²) in [7, 11) is 1.62. The average molecular weight is 354 g/mol. The highest BCUT2D eigenvalue weighted by Crippen LogP contribution is 2.38. The predicted octanol–water partition coefficient (Wildman–Crippen LogP) is 3.86. The molecule has 0 unspecified atom stereocenters. The lowest BCUT2D eigenvalue weighted by Gasteiger charge is -2.29. The van der Waals surface area contributed by atoms with E-state index in [1.54, 1.807) is 24.1 Å². The van der Waals surface area contributed by atoms with Crippen molar-refractivity contribution in [2.24, 2.45) is 4.99 Å². The largest absolute Gasteiger partial charge is 0.497 e. The van der Waals surface area contributed by atoms with Crippen LogP contribution < -0.4 is 4.74 Å². The lowest BCUT2D eigenvalue weighted by atomic mass is 10.0. The first kappa shape index (κ1) is 15.9. The highest BCUT2D eigenvalue weighted by atomic mass is 32.2. The molecule has 0 aliphatic carbocycles. The lowest BCUT2D eigenvalue weighted by molar-refractivity contribution is -0.125. The zero-order valence-corrected chi connectivity index (χ0v) is 14.3. The summed E-state index contributed by atoms with van der Waals surface area (Å²) in [5.41, 5.74) is 2.55.